The van der Waals surface area contributed by atoms with Crippen LogP contribution in [0.5, 0.6) is 0 Å². The van der Waals surface area contributed by atoms with Gasteiger partial charge in [-0.3, -0.25) is 14.5 Å². The van der Waals surface area contributed by atoms with Crippen molar-refractivity contribution in [2.45, 2.75) is 11.4 Å². The molecular formula is C18H18N4OS. The van der Waals surface area contributed by atoms with Gasteiger partial charge in [0.25, 0.3) is 5.91 Å². The molecule has 0 spiro atoms. The lowest BCUT2D eigenvalue weighted by Gasteiger charge is -2.09. The molecule has 0 saturated heterocycles. The highest BCUT2D eigenvalue weighted by Crippen LogP contribution is 2.20. The summed E-state index contributed by atoms with van der Waals surface area (Å²) in [6, 6.07) is 9.61. The Morgan fingerprint density at radius 3 is 2.79 bits per heavy atom. The molecule has 0 aliphatic rings. The van der Waals surface area contributed by atoms with Crippen LogP contribution in [0.1, 0.15) is 15.9 Å². The van der Waals surface area contributed by atoms with Crippen LogP contribution in [0.4, 0.5) is 0 Å². The highest BCUT2D eigenvalue weighted by atomic mass is 32.2. The number of hydrogen-bond acceptors (Lipinski definition) is 4. The van der Waals surface area contributed by atoms with Crippen LogP contribution < -0.4 is 5.32 Å². The van der Waals surface area contributed by atoms with Gasteiger partial charge in [0, 0.05) is 48.2 Å². The van der Waals surface area contributed by atoms with Crippen molar-refractivity contribution >= 4 is 17.7 Å². The molecule has 1 N–H and O–H groups in total. The summed E-state index contributed by atoms with van der Waals surface area (Å²) in [6.07, 6.45) is 9.27. The Kier molecular flexibility index (Phi) is 4.96. The summed E-state index contributed by atoms with van der Waals surface area (Å²) < 4.78 is 1.75. The molecule has 2 aromatic heterocycles. The molecule has 3 aromatic rings. The molecular weight excluding hydrogens is 320 g/mol. The molecule has 0 atom stereocenters. The molecule has 1 amide bonds. The number of nitrogens with one attached hydrogen (secondary N) is 1. The van der Waals surface area contributed by atoms with E-state index in [9.17, 15) is 4.79 Å². The molecule has 0 aliphatic heterocycles. The van der Waals surface area contributed by atoms with Gasteiger partial charge in [-0.15, -0.1) is 11.8 Å². The van der Waals surface area contributed by atoms with E-state index < -0.39 is 0 Å². The molecule has 122 valence electrons. The molecule has 2 heterocycles. The fourth-order valence-corrected chi connectivity index (χ4v) is 3.02. The number of benzene rings is 1. The van der Waals surface area contributed by atoms with Crippen LogP contribution in [0.3, 0.4) is 0 Å². The van der Waals surface area contributed by atoms with Gasteiger partial charge in [-0.25, -0.2) is 0 Å². The number of carbonyl (C=O) groups is 1. The highest BCUT2D eigenvalue weighted by molar-refractivity contribution is 7.98. The number of pyridine rings is 1. The number of aryl methyl sites for hydroxylation is 1. The van der Waals surface area contributed by atoms with Crippen molar-refractivity contribution < 1.29 is 4.79 Å². The minimum Gasteiger partial charge on any atom is -0.348 e. The molecule has 0 bridgehead atoms. The number of rotatable bonds is 5. The van der Waals surface area contributed by atoms with Gasteiger partial charge in [-0.2, -0.15) is 5.10 Å². The van der Waals surface area contributed by atoms with Gasteiger partial charge < -0.3 is 5.32 Å². The summed E-state index contributed by atoms with van der Waals surface area (Å²) in [5.41, 5.74) is 3.64. The zero-order chi connectivity index (χ0) is 16.9. The van der Waals surface area contributed by atoms with Crippen molar-refractivity contribution in [3.8, 4) is 11.1 Å². The third-order valence-electron chi connectivity index (χ3n) is 3.64. The van der Waals surface area contributed by atoms with E-state index in [1.807, 2.05) is 49.8 Å². The standard InChI is InChI=1S/C18H18N4OS/c1-22-12-15(11-21-22)14-7-13(8-19-10-14)9-20-18(23)16-5-3-4-6-17(16)24-2/h3-8,10-12H,9H2,1-2H3,(H,20,23). The van der Waals surface area contributed by atoms with E-state index in [-0.39, 0.29) is 5.91 Å². The van der Waals surface area contributed by atoms with Crippen LogP contribution in [0.25, 0.3) is 11.1 Å². The van der Waals surface area contributed by atoms with Gasteiger partial charge >= 0.3 is 0 Å². The third-order valence-corrected chi connectivity index (χ3v) is 4.43. The summed E-state index contributed by atoms with van der Waals surface area (Å²) in [6.45, 7) is 0.433. The maximum absolute atomic E-state index is 12.4. The second kappa shape index (κ2) is 7.31. The monoisotopic (exact) mass is 338 g/mol. The van der Waals surface area contributed by atoms with Crippen LogP contribution in [0.2, 0.25) is 0 Å². The second-order valence-electron chi connectivity index (χ2n) is 5.37. The van der Waals surface area contributed by atoms with E-state index in [0.717, 1.165) is 21.6 Å². The van der Waals surface area contributed by atoms with Crippen molar-refractivity contribution in [1.82, 2.24) is 20.1 Å². The fraction of sp³-hybridized carbons (Fsp3) is 0.167. The van der Waals surface area contributed by atoms with Gasteiger partial charge in [-0.05, 0) is 30.0 Å². The lowest BCUT2D eigenvalue weighted by Crippen LogP contribution is -2.23. The first kappa shape index (κ1) is 16.3. The number of hydrogen-bond donors (Lipinski definition) is 1. The van der Waals surface area contributed by atoms with Gasteiger partial charge in [0.05, 0.1) is 11.8 Å². The molecule has 24 heavy (non-hydrogen) atoms. The zero-order valence-electron chi connectivity index (χ0n) is 13.6. The first-order valence-electron chi connectivity index (χ1n) is 7.51. The average molecular weight is 338 g/mol. The minimum absolute atomic E-state index is 0.0771. The largest absolute Gasteiger partial charge is 0.348 e. The summed E-state index contributed by atoms with van der Waals surface area (Å²) in [5, 5.41) is 7.13. The van der Waals surface area contributed by atoms with Crippen LogP contribution >= 0.6 is 11.8 Å². The smallest absolute Gasteiger partial charge is 0.252 e. The molecule has 3 rings (SSSR count). The average Bonchev–Trinajstić information content (AvgIpc) is 3.06. The summed E-state index contributed by atoms with van der Waals surface area (Å²) in [5.74, 6) is -0.0771. The molecule has 5 nitrogen and oxygen atoms in total. The van der Waals surface area contributed by atoms with E-state index in [2.05, 4.69) is 15.4 Å². The number of aromatic nitrogens is 3. The zero-order valence-corrected chi connectivity index (χ0v) is 14.4. The van der Waals surface area contributed by atoms with Gasteiger partial charge in [0.2, 0.25) is 0 Å². The lowest BCUT2D eigenvalue weighted by molar-refractivity contribution is 0.0948. The molecule has 0 fully saturated rings. The highest BCUT2D eigenvalue weighted by Gasteiger charge is 2.10. The van der Waals surface area contributed by atoms with E-state index in [1.165, 1.54) is 0 Å². The van der Waals surface area contributed by atoms with E-state index >= 15 is 0 Å². The maximum Gasteiger partial charge on any atom is 0.252 e. The second-order valence-corrected chi connectivity index (χ2v) is 6.22. The van der Waals surface area contributed by atoms with Gasteiger partial charge in [0.15, 0.2) is 0 Å². The minimum atomic E-state index is -0.0771. The van der Waals surface area contributed by atoms with Crippen molar-refractivity contribution in [3.05, 3.63) is 66.2 Å². The molecule has 0 unspecified atom stereocenters. The van der Waals surface area contributed by atoms with Crippen molar-refractivity contribution in [3.63, 3.8) is 0 Å². The van der Waals surface area contributed by atoms with Crippen molar-refractivity contribution in [2.24, 2.45) is 7.05 Å². The predicted molar refractivity (Wildman–Crippen MR) is 95.8 cm³/mol. The van der Waals surface area contributed by atoms with E-state index in [0.29, 0.717) is 12.1 Å². The van der Waals surface area contributed by atoms with Crippen LogP contribution in [-0.2, 0) is 13.6 Å². The van der Waals surface area contributed by atoms with Crippen LogP contribution in [-0.4, -0.2) is 26.9 Å². The van der Waals surface area contributed by atoms with Gasteiger partial charge in [0.1, 0.15) is 0 Å². The number of amides is 1. The van der Waals surface area contributed by atoms with Gasteiger partial charge in [-0.1, -0.05) is 12.1 Å². The molecule has 0 saturated carbocycles. The lowest BCUT2D eigenvalue weighted by atomic mass is 10.1. The number of carbonyl (C=O) groups excluding carboxylic acids is 1. The Balaban J connectivity index is 1.72. The van der Waals surface area contributed by atoms with E-state index in [4.69, 9.17) is 0 Å². The Morgan fingerprint density at radius 2 is 2.04 bits per heavy atom. The van der Waals surface area contributed by atoms with Crippen LogP contribution in [0.15, 0.2) is 60.0 Å². The number of thioether (sulfide) groups is 1. The third kappa shape index (κ3) is 3.65. The Bertz CT molecular complexity index is 859. The summed E-state index contributed by atoms with van der Waals surface area (Å²) in [7, 11) is 1.88. The first-order chi connectivity index (χ1) is 11.7. The molecule has 6 heteroatoms. The molecule has 0 aliphatic carbocycles. The number of nitrogens with zero attached hydrogens (tertiary/aromatic N) is 3. The predicted octanol–water partition coefficient (Wildman–Crippen LogP) is 3.13. The van der Waals surface area contributed by atoms with Crippen molar-refractivity contribution in [1.29, 1.82) is 0 Å². The molecule has 0 radical (unpaired) electrons. The van der Waals surface area contributed by atoms with Crippen LogP contribution in [0, 0.1) is 0 Å². The van der Waals surface area contributed by atoms with Crippen molar-refractivity contribution in [2.75, 3.05) is 6.26 Å². The maximum atomic E-state index is 12.4. The normalized spacial score (nSPS) is 10.6. The first-order valence-corrected chi connectivity index (χ1v) is 8.74. The Morgan fingerprint density at radius 1 is 1.21 bits per heavy atom. The Hall–Kier alpha value is -2.60. The molecule has 1 aromatic carbocycles. The summed E-state index contributed by atoms with van der Waals surface area (Å²) >= 11 is 1.57. The topological polar surface area (TPSA) is 59.8 Å². The Labute approximate surface area is 145 Å². The SMILES string of the molecule is CSc1ccccc1C(=O)NCc1cncc(-c2cnn(C)c2)c1. The van der Waals surface area contributed by atoms with E-state index in [1.54, 1.807) is 35.0 Å². The fourth-order valence-electron chi connectivity index (χ4n) is 2.42. The quantitative estimate of drug-likeness (QED) is 0.726. The summed E-state index contributed by atoms with van der Waals surface area (Å²) in [4.78, 5) is 17.6.